The number of aryl methyl sites for hydroxylation is 1. The van der Waals surface area contributed by atoms with Gasteiger partial charge in [-0.25, -0.2) is 13.8 Å². The highest BCUT2D eigenvalue weighted by Gasteiger charge is 2.28. The third kappa shape index (κ3) is 7.08. The number of carbonyl (C=O) groups is 2. The normalized spacial score (nSPS) is 11.5. The second-order valence-corrected chi connectivity index (χ2v) is 10.4. The molecule has 0 bridgehead atoms. The molecule has 2 N–H and O–H groups in total. The highest BCUT2D eigenvalue weighted by molar-refractivity contribution is 7.92. The summed E-state index contributed by atoms with van der Waals surface area (Å²) in [6, 6.07) is 17.7. The fourth-order valence-electron chi connectivity index (χ4n) is 3.34. The number of anilines is 2. The minimum absolute atomic E-state index is 0.0248. The molecule has 37 heavy (non-hydrogen) atoms. The van der Waals surface area contributed by atoms with Crippen LogP contribution < -0.4 is 19.8 Å². The Bertz CT molecular complexity index is 1420. The summed E-state index contributed by atoms with van der Waals surface area (Å²) in [5.74, 6) is -0.474. The second-order valence-electron chi connectivity index (χ2n) is 8.13. The van der Waals surface area contributed by atoms with Crippen LogP contribution in [0.25, 0.3) is 0 Å². The van der Waals surface area contributed by atoms with Crippen LogP contribution in [-0.2, 0) is 19.6 Å². The van der Waals surface area contributed by atoms with Gasteiger partial charge in [0.05, 0.1) is 28.4 Å². The van der Waals surface area contributed by atoms with Crippen LogP contribution in [0.4, 0.5) is 11.4 Å². The van der Waals surface area contributed by atoms with Crippen molar-refractivity contribution in [1.29, 1.82) is 0 Å². The molecule has 0 aliphatic rings. The number of nitrogens with zero attached hydrogens (tertiary/aromatic N) is 2. The molecule has 0 heterocycles. The van der Waals surface area contributed by atoms with Crippen LogP contribution in [0.1, 0.15) is 25.0 Å². The molecule has 0 aliphatic carbocycles. The van der Waals surface area contributed by atoms with E-state index in [1.165, 1.54) is 44.4 Å². The Kier molecular flexibility index (Phi) is 8.90. The number of sulfonamides is 1. The summed E-state index contributed by atoms with van der Waals surface area (Å²) in [6.45, 7) is 4.41. The lowest BCUT2D eigenvalue weighted by molar-refractivity contribution is -0.119. The maximum atomic E-state index is 13.5. The topological polar surface area (TPSA) is 117 Å². The van der Waals surface area contributed by atoms with Crippen LogP contribution in [0.5, 0.6) is 5.75 Å². The van der Waals surface area contributed by atoms with E-state index in [0.29, 0.717) is 22.7 Å². The largest absolute Gasteiger partial charge is 0.495 e. The molecular formula is C26H27ClN4O5S. The molecule has 0 atom stereocenters. The molecule has 0 spiro atoms. The summed E-state index contributed by atoms with van der Waals surface area (Å²) in [4.78, 5) is 24.1. The van der Waals surface area contributed by atoms with Gasteiger partial charge in [-0.05, 0) is 61.9 Å². The van der Waals surface area contributed by atoms with Gasteiger partial charge in [0.1, 0.15) is 12.3 Å². The molecule has 3 aromatic rings. The Labute approximate surface area is 221 Å². The van der Waals surface area contributed by atoms with Crippen molar-refractivity contribution in [3.8, 4) is 5.75 Å². The van der Waals surface area contributed by atoms with Crippen molar-refractivity contribution in [2.75, 3.05) is 23.3 Å². The van der Waals surface area contributed by atoms with Crippen molar-refractivity contribution < 1.29 is 22.7 Å². The van der Waals surface area contributed by atoms with E-state index in [0.717, 1.165) is 9.87 Å². The lowest BCUT2D eigenvalue weighted by Crippen LogP contribution is -2.39. The molecule has 0 saturated heterocycles. The number of carbonyl (C=O) groups excluding carboxylic acids is 2. The predicted molar refractivity (Wildman–Crippen MR) is 145 cm³/mol. The molecule has 9 nitrogen and oxygen atoms in total. The maximum absolute atomic E-state index is 13.5. The van der Waals surface area contributed by atoms with Crippen molar-refractivity contribution in [3.05, 3.63) is 82.9 Å². The summed E-state index contributed by atoms with van der Waals surface area (Å²) >= 11 is 6.24. The van der Waals surface area contributed by atoms with E-state index < -0.39 is 22.5 Å². The van der Waals surface area contributed by atoms with E-state index in [4.69, 9.17) is 16.3 Å². The van der Waals surface area contributed by atoms with Crippen molar-refractivity contribution in [3.63, 3.8) is 0 Å². The molecule has 3 rings (SSSR count). The number of halogens is 1. The molecule has 3 aromatic carbocycles. The van der Waals surface area contributed by atoms with Gasteiger partial charge in [0.15, 0.2) is 0 Å². The fraction of sp³-hybridized carbons (Fsp3) is 0.192. The molecule has 2 amide bonds. The van der Waals surface area contributed by atoms with E-state index in [9.17, 15) is 18.0 Å². The predicted octanol–water partition coefficient (Wildman–Crippen LogP) is 4.35. The summed E-state index contributed by atoms with van der Waals surface area (Å²) < 4.78 is 33.2. The molecule has 0 aliphatic heterocycles. The molecule has 0 radical (unpaired) electrons. The molecule has 194 valence electrons. The summed E-state index contributed by atoms with van der Waals surface area (Å²) in [5, 5.41) is 6.97. The van der Waals surface area contributed by atoms with E-state index in [-0.39, 0.29) is 21.5 Å². The van der Waals surface area contributed by atoms with Crippen molar-refractivity contribution in [1.82, 2.24) is 5.43 Å². The van der Waals surface area contributed by atoms with Gasteiger partial charge in [0.25, 0.3) is 15.9 Å². The van der Waals surface area contributed by atoms with Gasteiger partial charge in [-0.3, -0.25) is 13.9 Å². The van der Waals surface area contributed by atoms with Crippen molar-refractivity contribution >= 4 is 50.5 Å². The standard InChI is InChI=1S/C26H27ClN4O5S/c1-17-5-12-23(13-6-17)37(34,35)31(22-11-14-25(36-4)24(27)15-22)16-26(33)30-29-18(2)20-7-9-21(10-8-20)28-19(3)32/h5-15H,16H2,1-4H3,(H,28,32)(H,30,33)/b29-18-. The van der Waals surface area contributed by atoms with Crippen molar-refractivity contribution in [2.45, 2.75) is 25.7 Å². The number of ether oxygens (including phenoxy) is 1. The molecule has 0 unspecified atom stereocenters. The zero-order chi connectivity index (χ0) is 27.2. The van der Waals surface area contributed by atoms with Gasteiger partial charge >= 0.3 is 0 Å². The Morgan fingerprint density at radius 1 is 1.00 bits per heavy atom. The quantitative estimate of drug-likeness (QED) is 0.308. The van der Waals surface area contributed by atoms with Crippen LogP contribution in [0, 0.1) is 6.92 Å². The lowest BCUT2D eigenvalue weighted by Gasteiger charge is -2.24. The highest BCUT2D eigenvalue weighted by Crippen LogP contribution is 2.32. The van der Waals surface area contributed by atoms with Crippen molar-refractivity contribution in [2.24, 2.45) is 5.10 Å². The minimum atomic E-state index is -4.12. The van der Waals surface area contributed by atoms with Gasteiger partial charge in [-0.15, -0.1) is 0 Å². The molecule has 11 heteroatoms. The smallest absolute Gasteiger partial charge is 0.264 e. The number of rotatable bonds is 9. The Morgan fingerprint density at radius 2 is 1.65 bits per heavy atom. The average Bonchev–Trinajstić information content (AvgIpc) is 2.86. The monoisotopic (exact) mass is 542 g/mol. The first-order valence-electron chi connectivity index (χ1n) is 11.2. The summed E-state index contributed by atoms with van der Waals surface area (Å²) in [7, 11) is -2.67. The first-order valence-corrected chi connectivity index (χ1v) is 13.0. The first kappa shape index (κ1) is 27.7. The van der Waals surface area contributed by atoms with E-state index in [1.54, 1.807) is 43.3 Å². The SMILES string of the molecule is COc1ccc(N(CC(=O)N/N=C(/C)c2ccc(NC(C)=O)cc2)S(=O)(=O)c2ccc(C)cc2)cc1Cl. The Morgan fingerprint density at radius 3 is 2.22 bits per heavy atom. The van der Waals surface area contributed by atoms with Gasteiger partial charge in [0, 0.05) is 12.6 Å². The first-order chi connectivity index (χ1) is 17.5. The van der Waals surface area contributed by atoms with Gasteiger partial charge in [-0.1, -0.05) is 41.4 Å². The molecular weight excluding hydrogens is 516 g/mol. The number of hydrogen-bond donors (Lipinski definition) is 2. The molecule has 0 aromatic heterocycles. The Hall–Kier alpha value is -3.89. The van der Waals surface area contributed by atoms with E-state index in [2.05, 4.69) is 15.8 Å². The van der Waals surface area contributed by atoms with Gasteiger partial charge in [-0.2, -0.15) is 5.10 Å². The van der Waals surface area contributed by atoms with Crippen LogP contribution >= 0.6 is 11.6 Å². The van der Waals surface area contributed by atoms with Crippen LogP contribution in [0.3, 0.4) is 0 Å². The molecule has 0 saturated carbocycles. The van der Waals surface area contributed by atoms with Gasteiger partial charge in [0.2, 0.25) is 5.91 Å². The number of methoxy groups -OCH3 is 1. The number of nitrogens with one attached hydrogen (secondary N) is 2. The maximum Gasteiger partial charge on any atom is 0.264 e. The second kappa shape index (κ2) is 11.9. The number of amides is 2. The summed E-state index contributed by atoms with van der Waals surface area (Å²) in [5.41, 5.74) is 5.32. The Balaban J connectivity index is 1.85. The molecule has 0 fully saturated rings. The minimum Gasteiger partial charge on any atom is -0.495 e. The van der Waals surface area contributed by atoms with E-state index in [1.807, 2.05) is 6.92 Å². The van der Waals surface area contributed by atoms with Crippen LogP contribution in [0.15, 0.2) is 76.7 Å². The highest BCUT2D eigenvalue weighted by atomic mass is 35.5. The average molecular weight is 543 g/mol. The zero-order valence-electron chi connectivity index (χ0n) is 20.8. The summed E-state index contributed by atoms with van der Waals surface area (Å²) in [6.07, 6.45) is 0. The third-order valence-electron chi connectivity index (χ3n) is 5.29. The zero-order valence-corrected chi connectivity index (χ0v) is 22.4. The number of hydrazone groups is 1. The van der Waals surface area contributed by atoms with Gasteiger partial charge < -0.3 is 10.1 Å². The fourth-order valence-corrected chi connectivity index (χ4v) is 5.00. The van der Waals surface area contributed by atoms with E-state index >= 15 is 0 Å². The third-order valence-corrected chi connectivity index (χ3v) is 7.37. The number of benzene rings is 3. The van der Waals surface area contributed by atoms with Crippen LogP contribution in [-0.4, -0.2) is 39.6 Å². The van der Waals surface area contributed by atoms with Crippen LogP contribution in [0.2, 0.25) is 5.02 Å². The number of hydrogen-bond acceptors (Lipinski definition) is 6. The lowest BCUT2D eigenvalue weighted by atomic mass is 10.1.